The number of anilines is 2. The van der Waals surface area contributed by atoms with E-state index in [1.807, 2.05) is 26.4 Å². The first-order valence-corrected chi connectivity index (χ1v) is 11.9. The van der Waals surface area contributed by atoms with E-state index in [0.29, 0.717) is 32.6 Å². The van der Waals surface area contributed by atoms with Gasteiger partial charge in [-0.05, 0) is 67.0 Å². The number of aromatic amines is 1. The Labute approximate surface area is 203 Å². The molecule has 0 spiro atoms. The van der Waals surface area contributed by atoms with Crippen LogP contribution in [-0.4, -0.2) is 64.6 Å². The van der Waals surface area contributed by atoms with E-state index in [2.05, 4.69) is 45.2 Å². The Morgan fingerprint density at radius 3 is 2.59 bits per heavy atom. The number of ether oxygens (including phenoxy) is 2. The number of aldehydes is 1. The monoisotopic (exact) mass is 466 g/mol. The molecule has 0 amide bonds. The van der Waals surface area contributed by atoms with Crippen LogP contribution in [0.1, 0.15) is 48.1 Å². The Hall–Kier alpha value is -2.90. The van der Waals surface area contributed by atoms with E-state index in [1.54, 1.807) is 14.2 Å². The largest absolute Gasteiger partial charge is 0.388 e. The summed E-state index contributed by atoms with van der Waals surface area (Å²) in [5.74, 6) is 0. The Kier molecular flexibility index (Phi) is 9.07. The number of nitrogens with zero attached hydrogens (tertiary/aromatic N) is 2. The van der Waals surface area contributed by atoms with Gasteiger partial charge in [0.05, 0.1) is 17.3 Å². The zero-order valence-corrected chi connectivity index (χ0v) is 20.9. The molecule has 0 bridgehead atoms. The number of carbonyl (C=O) groups excluding carboxylic acids is 1. The summed E-state index contributed by atoms with van der Waals surface area (Å²) in [5.41, 5.74) is 6.97. The van der Waals surface area contributed by atoms with Gasteiger partial charge in [-0.15, -0.1) is 6.58 Å². The van der Waals surface area contributed by atoms with Crippen molar-refractivity contribution >= 4 is 29.3 Å². The van der Waals surface area contributed by atoms with Gasteiger partial charge in [0.2, 0.25) is 0 Å². The molecule has 34 heavy (non-hydrogen) atoms. The molecule has 0 unspecified atom stereocenters. The van der Waals surface area contributed by atoms with Gasteiger partial charge in [0.1, 0.15) is 6.29 Å². The molecule has 1 aromatic heterocycles. The number of fused-ring (bicyclic) bond motifs is 1. The molecule has 1 aromatic carbocycles. The molecule has 184 valence electrons. The molecule has 2 N–H and O–H groups in total. The van der Waals surface area contributed by atoms with Gasteiger partial charge in [-0.3, -0.25) is 5.10 Å². The molecule has 0 radical (unpaired) electrons. The maximum Gasteiger partial charge on any atom is 0.130 e. The van der Waals surface area contributed by atoms with Gasteiger partial charge in [-0.1, -0.05) is 6.08 Å². The first-order chi connectivity index (χ1) is 16.5. The summed E-state index contributed by atoms with van der Waals surface area (Å²) >= 11 is 0. The third-order valence-electron chi connectivity index (χ3n) is 6.79. The second kappa shape index (κ2) is 12.0. The number of aromatic nitrogens is 2. The first-order valence-electron chi connectivity index (χ1n) is 11.9. The fourth-order valence-electron chi connectivity index (χ4n) is 4.78. The molecule has 1 aliphatic carbocycles. The minimum absolute atomic E-state index is 0.484. The molecule has 0 saturated heterocycles. The van der Waals surface area contributed by atoms with Gasteiger partial charge in [-0.25, -0.2) is 0 Å². The summed E-state index contributed by atoms with van der Waals surface area (Å²) < 4.78 is 10.8. The zero-order valence-electron chi connectivity index (χ0n) is 20.9. The molecule has 0 fully saturated rings. The van der Waals surface area contributed by atoms with Crippen molar-refractivity contribution in [2.45, 2.75) is 37.5 Å². The van der Waals surface area contributed by atoms with Crippen LogP contribution in [0.3, 0.4) is 0 Å². The highest BCUT2D eigenvalue weighted by Crippen LogP contribution is 2.43. The first kappa shape index (κ1) is 25.7. The Balaban J connectivity index is 2.22. The number of methoxy groups -OCH3 is 2. The number of hydrogen-bond donors (Lipinski definition) is 2. The van der Waals surface area contributed by atoms with Crippen LogP contribution in [-0.2, 0) is 26.1 Å². The van der Waals surface area contributed by atoms with Crippen LogP contribution in [0.4, 0.5) is 11.4 Å². The maximum absolute atomic E-state index is 12.7. The summed E-state index contributed by atoms with van der Waals surface area (Å²) in [6, 6.07) is 4.36. The van der Waals surface area contributed by atoms with E-state index in [4.69, 9.17) is 9.47 Å². The van der Waals surface area contributed by atoms with E-state index in [-0.39, 0.29) is 0 Å². The summed E-state index contributed by atoms with van der Waals surface area (Å²) in [6.07, 6.45) is 11.3. The zero-order chi connectivity index (χ0) is 24.6. The van der Waals surface area contributed by atoms with Gasteiger partial charge in [0.25, 0.3) is 0 Å². The molecule has 7 nitrogen and oxygen atoms in total. The summed E-state index contributed by atoms with van der Waals surface area (Å²) in [6.45, 7) is 5.56. The van der Waals surface area contributed by atoms with Crippen molar-refractivity contribution in [1.29, 1.82) is 0 Å². The predicted molar refractivity (Wildman–Crippen MR) is 140 cm³/mol. The maximum atomic E-state index is 12.7. The quantitative estimate of drug-likeness (QED) is 0.335. The number of carbonyl (C=O) groups is 1. The fourth-order valence-corrected chi connectivity index (χ4v) is 4.78. The number of allylic oxidation sites excluding steroid dienone is 1. The minimum Gasteiger partial charge on any atom is -0.388 e. The molecule has 0 aliphatic heterocycles. The fraction of sp³-hybridized carbons (Fsp3) is 0.481. The highest BCUT2D eigenvalue weighted by Gasteiger charge is 2.35. The van der Waals surface area contributed by atoms with Gasteiger partial charge < -0.3 is 24.5 Å². The van der Waals surface area contributed by atoms with Gasteiger partial charge in [-0.2, -0.15) is 5.10 Å². The molecule has 7 heteroatoms. The Morgan fingerprint density at radius 2 is 1.97 bits per heavy atom. The number of H-pyrrole nitrogens is 1. The molecule has 0 saturated carbocycles. The Morgan fingerprint density at radius 1 is 1.24 bits per heavy atom. The SMILES string of the molecule is C=CCN(C)c1cc(C2=Cc3[nH]ncc3CCC2)c(NC)cc1C(C=O)(CCOC)CCOC. The summed E-state index contributed by atoms with van der Waals surface area (Å²) in [7, 11) is 7.31. The number of nitrogens with one attached hydrogen (secondary N) is 2. The van der Waals surface area contributed by atoms with E-state index in [1.165, 1.54) is 11.1 Å². The van der Waals surface area contributed by atoms with Crippen LogP contribution >= 0.6 is 0 Å². The number of likely N-dealkylation sites (N-methyl/N-ethyl adjacent to an activating group) is 1. The highest BCUT2D eigenvalue weighted by atomic mass is 16.5. The number of aryl methyl sites for hydroxylation is 1. The molecular weight excluding hydrogens is 428 g/mol. The average molecular weight is 467 g/mol. The van der Waals surface area contributed by atoms with Gasteiger partial charge in [0.15, 0.2) is 0 Å². The van der Waals surface area contributed by atoms with Crippen molar-refractivity contribution in [2.24, 2.45) is 0 Å². The van der Waals surface area contributed by atoms with E-state index in [9.17, 15) is 4.79 Å². The van der Waals surface area contributed by atoms with Crippen LogP contribution in [0.25, 0.3) is 11.6 Å². The van der Waals surface area contributed by atoms with Crippen LogP contribution in [0, 0.1) is 0 Å². The van der Waals surface area contributed by atoms with Crippen LogP contribution in [0.2, 0.25) is 0 Å². The molecule has 1 aliphatic rings. The van der Waals surface area contributed by atoms with E-state index in [0.717, 1.165) is 53.7 Å². The molecule has 0 atom stereocenters. The van der Waals surface area contributed by atoms with Crippen LogP contribution in [0.5, 0.6) is 0 Å². The highest BCUT2D eigenvalue weighted by molar-refractivity contribution is 5.90. The second-order valence-corrected chi connectivity index (χ2v) is 8.93. The lowest BCUT2D eigenvalue weighted by molar-refractivity contribution is -0.114. The van der Waals surface area contributed by atoms with Crippen LogP contribution in [0.15, 0.2) is 31.0 Å². The number of benzene rings is 1. The minimum atomic E-state index is -0.727. The third-order valence-corrected chi connectivity index (χ3v) is 6.79. The molecule has 3 rings (SSSR count). The lowest BCUT2D eigenvalue weighted by Crippen LogP contribution is -2.34. The topological polar surface area (TPSA) is 79.5 Å². The lowest BCUT2D eigenvalue weighted by Gasteiger charge is -2.34. The average Bonchev–Trinajstić information content (AvgIpc) is 3.20. The van der Waals surface area contributed by atoms with Crippen molar-refractivity contribution in [3.8, 4) is 0 Å². The third kappa shape index (κ3) is 5.42. The van der Waals surface area contributed by atoms with Crippen molar-refractivity contribution < 1.29 is 14.3 Å². The Bertz CT molecular complexity index is 1000. The van der Waals surface area contributed by atoms with Crippen molar-refractivity contribution in [3.05, 3.63) is 53.4 Å². The van der Waals surface area contributed by atoms with E-state index >= 15 is 0 Å². The summed E-state index contributed by atoms with van der Waals surface area (Å²) in [4.78, 5) is 14.9. The second-order valence-electron chi connectivity index (χ2n) is 8.93. The standard InChI is InChI=1S/C27H38N4O3/c1-6-12-31(3)26-16-22(20-8-7-9-21-18-29-30-24(21)15-20)25(28-2)17-23(26)27(19-32,10-13-33-4)11-14-34-5/h6,15-19,28H,1,7-14H2,2-5H3,(H,29,30). The number of rotatable bonds is 13. The normalized spacial score (nSPS) is 13.6. The molecule has 2 aromatic rings. The molecule has 1 heterocycles. The van der Waals surface area contributed by atoms with Crippen molar-refractivity contribution in [1.82, 2.24) is 10.2 Å². The number of hydrogen-bond acceptors (Lipinski definition) is 6. The predicted octanol–water partition coefficient (Wildman–Crippen LogP) is 4.46. The summed E-state index contributed by atoms with van der Waals surface area (Å²) in [5, 5.41) is 10.8. The van der Waals surface area contributed by atoms with Gasteiger partial charge >= 0.3 is 0 Å². The smallest absolute Gasteiger partial charge is 0.130 e. The van der Waals surface area contributed by atoms with E-state index < -0.39 is 5.41 Å². The van der Waals surface area contributed by atoms with Crippen LogP contribution < -0.4 is 10.2 Å². The van der Waals surface area contributed by atoms with Crippen molar-refractivity contribution in [3.63, 3.8) is 0 Å². The van der Waals surface area contributed by atoms with Gasteiger partial charge in [0, 0.05) is 65.0 Å². The van der Waals surface area contributed by atoms with Crippen molar-refractivity contribution in [2.75, 3.05) is 58.3 Å². The molecular formula is C27H38N4O3. The lowest BCUT2D eigenvalue weighted by atomic mass is 9.74.